The third-order valence-corrected chi connectivity index (χ3v) is 9.91. The Bertz CT molecular complexity index is 1210. The van der Waals surface area contributed by atoms with Crippen molar-refractivity contribution in [1.82, 2.24) is 9.80 Å². The third-order valence-electron chi connectivity index (χ3n) is 7.62. The molecule has 4 nitrogen and oxygen atoms in total. The van der Waals surface area contributed by atoms with Gasteiger partial charge in [-0.25, -0.2) is 4.79 Å². The van der Waals surface area contributed by atoms with Gasteiger partial charge in [-0.1, -0.05) is 48.5 Å². The molecule has 0 radical (unpaired) electrons. The third kappa shape index (κ3) is 4.60. The van der Waals surface area contributed by atoms with E-state index in [1.165, 1.54) is 48.1 Å². The Kier molecular flexibility index (Phi) is 7.15. The Morgan fingerprint density at radius 3 is 2.09 bits per heavy atom. The molecule has 0 atom stereocenters. The molecule has 182 valence electrons. The Hall–Kier alpha value is -2.03. The van der Waals surface area contributed by atoms with Crippen molar-refractivity contribution in [2.24, 2.45) is 0 Å². The molecule has 1 heterocycles. The molecular weight excluding hydrogens is 567 g/mol. The van der Waals surface area contributed by atoms with E-state index in [4.69, 9.17) is 17.4 Å². The minimum atomic E-state index is -0.207. The molecule has 0 aromatic heterocycles. The molecule has 6 heteroatoms. The van der Waals surface area contributed by atoms with Crippen molar-refractivity contribution in [1.29, 1.82) is 0 Å². The molecule has 3 aromatic rings. The van der Waals surface area contributed by atoms with Crippen LogP contribution in [0.1, 0.15) is 39.3 Å². The summed E-state index contributed by atoms with van der Waals surface area (Å²) in [6.07, 6.45) is -0.207. The van der Waals surface area contributed by atoms with Crippen LogP contribution in [0.15, 0.2) is 53.4 Å². The molecule has 2 aliphatic rings. The number of hydrogen-bond donors (Lipinski definition) is 1. The molecule has 3 aromatic carbocycles. The van der Waals surface area contributed by atoms with Crippen LogP contribution in [-0.4, -0.2) is 48.7 Å². The fourth-order valence-corrected chi connectivity index (χ4v) is 6.51. The van der Waals surface area contributed by atoms with E-state index in [0.29, 0.717) is 19.7 Å². The van der Waals surface area contributed by atoms with Crippen molar-refractivity contribution in [2.75, 3.05) is 32.8 Å². The van der Waals surface area contributed by atoms with Gasteiger partial charge in [0.2, 0.25) is 0 Å². The zero-order chi connectivity index (χ0) is 24.7. The molecule has 1 aliphatic carbocycles. The number of carbonyl (C=O) groups is 1. The number of amides is 1. The second-order valence-corrected chi connectivity index (χ2v) is 11.1. The minimum absolute atomic E-state index is 0.0954. The summed E-state index contributed by atoms with van der Waals surface area (Å²) in [4.78, 5) is 18.3. The van der Waals surface area contributed by atoms with Crippen molar-refractivity contribution in [2.45, 2.75) is 38.1 Å². The number of halogens is 1. The molecule has 0 unspecified atom stereocenters. The highest BCUT2D eigenvalue weighted by molar-refractivity contribution is 14.1. The highest BCUT2D eigenvalue weighted by Crippen LogP contribution is 2.44. The van der Waals surface area contributed by atoms with Crippen LogP contribution in [0.25, 0.3) is 11.1 Å². The van der Waals surface area contributed by atoms with E-state index in [0.717, 1.165) is 24.5 Å². The molecule has 5 rings (SSSR count). The van der Waals surface area contributed by atoms with E-state index in [1.54, 1.807) is 0 Å². The van der Waals surface area contributed by atoms with Crippen molar-refractivity contribution >= 4 is 41.3 Å². The number of rotatable bonds is 4. The molecule has 0 N–H and O–H groups in total. The van der Waals surface area contributed by atoms with E-state index >= 15 is 0 Å². The zero-order valence-corrected chi connectivity index (χ0v) is 23.5. The normalized spacial score (nSPS) is 15.7. The molecule has 0 saturated carbocycles. The first-order valence-corrected chi connectivity index (χ1v) is 13.7. The van der Waals surface area contributed by atoms with Crippen LogP contribution in [0.3, 0.4) is 0 Å². The van der Waals surface area contributed by atoms with Gasteiger partial charge in [0, 0.05) is 47.1 Å². The summed E-state index contributed by atoms with van der Waals surface area (Å²) < 4.78 is 7.17. The van der Waals surface area contributed by atoms with E-state index in [9.17, 15) is 4.79 Å². The second kappa shape index (κ2) is 10.1. The lowest BCUT2D eigenvalue weighted by atomic mass is 9.98. The predicted molar refractivity (Wildman–Crippen MR) is 153 cm³/mol. The van der Waals surface area contributed by atoms with Crippen molar-refractivity contribution in [3.8, 4) is 11.1 Å². The van der Waals surface area contributed by atoms with Crippen molar-refractivity contribution in [3.63, 3.8) is 0 Å². The first kappa shape index (κ1) is 24.7. The van der Waals surface area contributed by atoms with Crippen LogP contribution in [0.4, 0.5) is 4.79 Å². The van der Waals surface area contributed by atoms with Crippen LogP contribution >= 0.6 is 35.2 Å². The molecule has 0 spiro atoms. The molecule has 35 heavy (non-hydrogen) atoms. The van der Waals surface area contributed by atoms with Crippen molar-refractivity contribution < 1.29 is 9.53 Å². The Morgan fingerprint density at radius 1 is 0.914 bits per heavy atom. The van der Waals surface area contributed by atoms with Crippen LogP contribution in [0.2, 0.25) is 0 Å². The Labute approximate surface area is 227 Å². The Morgan fingerprint density at radius 2 is 1.49 bits per heavy atom. The minimum Gasteiger partial charge on any atom is -0.448 e. The topological polar surface area (TPSA) is 32.8 Å². The van der Waals surface area contributed by atoms with Gasteiger partial charge in [-0.15, -0.1) is 12.6 Å². The van der Waals surface area contributed by atoms with Crippen LogP contribution in [0.5, 0.6) is 0 Å². The molecule has 1 amide bonds. The molecule has 1 fully saturated rings. The highest BCUT2D eigenvalue weighted by Gasteiger charge is 2.30. The maximum Gasteiger partial charge on any atom is 0.409 e. The summed E-state index contributed by atoms with van der Waals surface area (Å²) in [5.74, 6) is 0.0954. The molecule has 0 bridgehead atoms. The average molecular weight is 599 g/mol. The molecule has 1 saturated heterocycles. The van der Waals surface area contributed by atoms with Gasteiger partial charge in [0.05, 0.1) is 0 Å². The van der Waals surface area contributed by atoms with Gasteiger partial charge in [-0.05, 0) is 87.9 Å². The van der Waals surface area contributed by atoms with E-state index in [1.807, 2.05) is 4.90 Å². The quantitative estimate of drug-likeness (QED) is 0.273. The number of fused-ring (bicyclic) bond motifs is 3. The summed E-state index contributed by atoms with van der Waals surface area (Å²) in [6, 6.07) is 16.9. The molecular formula is C29H31IN2O2S. The van der Waals surface area contributed by atoms with Gasteiger partial charge in [0.1, 0.15) is 6.61 Å². The number of nitrogens with zero attached hydrogens (tertiary/aromatic N) is 2. The van der Waals surface area contributed by atoms with Gasteiger partial charge in [0.25, 0.3) is 0 Å². The monoisotopic (exact) mass is 598 g/mol. The maximum absolute atomic E-state index is 13.0. The van der Waals surface area contributed by atoms with Gasteiger partial charge < -0.3 is 9.64 Å². The second-order valence-electron chi connectivity index (χ2n) is 9.58. The SMILES string of the molecule is Cc1c(S)c(C)c(CN2CCN(C(=O)OCC3c4ccccc4-c4ccccc43)CC2)c(C)c1I. The number of thiol groups is 1. The summed E-state index contributed by atoms with van der Waals surface area (Å²) >= 11 is 7.19. The summed E-state index contributed by atoms with van der Waals surface area (Å²) in [5.41, 5.74) is 10.2. The molecule has 1 aliphatic heterocycles. The lowest BCUT2D eigenvalue weighted by Gasteiger charge is -2.35. The summed E-state index contributed by atoms with van der Waals surface area (Å²) in [6.45, 7) is 10.8. The smallest absolute Gasteiger partial charge is 0.409 e. The number of piperazine rings is 1. The van der Waals surface area contributed by atoms with Crippen LogP contribution in [0, 0.1) is 24.3 Å². The highest BCUT2D eigenvalue weighted by atomic mass is 127. The number of ether oxygens (including phenoxy) is 1. The van der Waals surface area contributed by atoms with Crippen LogP contribution < -0.4 is 0 Å². The standard InChI is InChI=1S/C29H31IN2O2S/c1-18-25(19(2)28(35)20(3)27(18)30)16-31-12-14-32(15-13-31)29(33)34-17-26-23-10-6-4-8-21(23)22-9-5-7-11-24(22)26/h4-11,26,35H,12-17H2,1-3H3. The van der Waals surface area contributed by atoms with Gasteiger partial charge >= 0.3 is 6.09 Å². The maximum atomic E-state index is 13.0. The van der Waals surface area contributed by atoms with Gasteiger partial charge in [0.15, 0.2) is 0 Å². The Balaban J connectivity index is 1.20. The van der Waals surface area contributed by atoms with E-state index in [2.05, 4.69) is 96.8 Å². The van der Waals surface area contributed by atoms with Crippen molar-refractivity contribution in [3.05, 3.63) is 85.5 Å². The summed E-state index contributed by atoms with van der Waals surface area (Å²) in [5, 5.41) is 0. The van der Waals surface area contributed by atoms with Gasteiger partial charge in [-0.2, -0.15) is 0 Å². The zero-order valence-electron chi connectivity index (χ0n) is 20.5. The number of benzene rings is 3. The largest absolute Gasteiger partial charge is 0.448 e. The van der Waals surface area contributed by atoms with Crippen LogP contribution in [-0.2, 0) is 11.3 Å². The van der Waals surface area contributed by atoms with E-state index < -0.39 is 0 Å². The lowest BCUT2D eigenvalue weighted by Crippen LogP contribution is -2.48. The lowest BCUT2D eigenvalue weighted by molar-refractivity contribution is 0.0727. The average Bonchev–Trinajstić information content (AvgIpc) is 3.21. The first-order valence-electron chi connectivity index (χ1n) is 12.2. The number of hydrogen-bond acceptors (Lipinski definition) is 4. The number of carbonyl (C=O) groups excluding carboxylic acids is 1. The summed E-state index contributed by atoms with van der Waals surface area (Å²) in [7, 11) is 0. The van der Waals surface area contributed by atoms with E-state index in [-0.39, 0.29) is 12.0 Å². The fraction of sp³-hybridized carbons (Fsp3) is 0.345. The first-order chi connectivity index (χ1) is 16.9. The predicted octanol–water partition coefficient (Wildman–Crippen LogP) is 6.57. The fourth-order valence-electron chi connectivity index (χ4n) is 5.46. The van der Waals surface area contributed by atoms with Gasteiger partial charge in [-0.3, -0.25) is 4.90 Å².